The molecule has 0 spiro atoms. The molecule has 0 saturated heterocycles. The van der Waals surface area contributed by atoms with Crippen molar-refractivity contribution in [2.75, 3.05) is 59.4 Å². The summed E-state index contributed by atoms with van der Waals surface area (Å²) in [5, 5.41) is 6.48. The fraction of sp³-hybridized carbons (Fsp3) is 0.571. The average Bonchev–Trinajstić information content (AvgIpc) is 3.67. The van der Waals surface area contributed by atoms with E-state index in [-0.39, 0.29) is 12.1 Å². The predicted octanol–water partition coefficient (Wildman–Crippen LogP) is 4.06. The average molecular weight is 586 g/mol. The Balaban J connectivity index is 1.56. The molecule has 3 aromatic heterocycles. The first-order valence-corrected chi connectivity index (χ1v) is 17.8. The van der Waals surface area contributed by atoms with Gasteiger partial charge in [0.1, 0.15) is 36.2 Å². The molecular weight excluding hydrogens is 542 g/mol. The van der Waals surface area contributed by atoms with Gasteiger partial charge in [-0.05, 0) is 45.1 Å². The van der Waals surface area contributed by atoms with E-state index < -0.39 is 8.07 Å². The van der Waals surface area contributed by atoms with Gasteiger partial charge in [0.05, 0.1) is 20.3 Å². The normalized spacial score (nSPS) is 13.5. The second-order valence-electron chi connectivity index (χ2n) is 11.6. The third kappa shape index (κ3) is 9.12. The topological polar surface area (TPSA) is 125 Å². The highest BCUT2D eigenvalue weighted by Crippen LogP contribution is 2.42. The number of nitrogens with zero attached hydrogens (tertiary/aromatic N) is 5. The van der Waals surface area contributed by atoms with E-state index in [1.165, 1.54) is 6.33 Å². The molecule has 1 fully saturated rings. The van der Waals surface area contributed by atoms with Crippen LogP contribution in [0.15, 0.2) is 24.7 Å². The molecule has 0 bridgehead atoms. The highest BCUT2D eigenvalue weighted by atomic mass is 28.3. The van der Waals surface area contributed by atoms with E-state index in [0.717, 1.165) is 36.4 Å². The molecule has 224 valence electrons. The first-order chi connectivity index (χ1) is 19.6. The van der Waals surface area contributed by atoms with Crippen LogP contribution >= 0.6 is 0 Å². The molecule has 0 aliphatic heterocycles. The summed E-state index contributed by atoms with van der Waals surface area (Å²) >= 11 is 0. The number of anilines is 1. The van der Waals surface area contributed by atoms with Crippen molar-refractivity contribution < 1.29 is 23.7 Å². The zero-order chi connectivity index (χ0) is 29.4. The predicted molar refractivity (Wildman–Crippen MR) is 161 cm³/mol. The van der Waals surface area contributed by atoms with Crippen LogP contribution in [0.2, 0.25) is 25.7 Å². The Bertz CT molecular complexity index is 1310. The highest BCUT2D eigenvalue weighted by molar-refractivity contribution is 6.76. The minimum absolute atomic E-state index is 0.150. The largest absolute Gasteiger partial charge is 0.480 e. The molecule has 0 aromatic carbocycles. The zero-order valence-corrected chi connectivity index (χ0v) is 26.0. The maximum Gasteiger partial charge on any atom is 0.320 e. The molecule has 3 heterocycles. The van der Waals surface area contributed by atoms with E-state index in [9.17, 15) is 4.79 Å². The third-order valence-corrected chi connectivity index (χ3v) is 8.15. The molecule has 12 nitrogen and oxygen atoms in total. The molecule has 2 amide bonds. The van der Waals surface area contributed by atoms with Crippen LogP contribution in [0.4, 0.5) is 10.6 Å². The summed E-state index contributed by atoms with van der Waals surface area (Å²) in [5.41, 5.74) is 2.14. The van der Waals surface area contributed by atoms with Crippen LogP contribution in [0.3, 0.4) is 0 Å². The van der Waals surface area contributed by atoms with E-state index in [2.05, 4.69) is 40.2 Å². The Labute approximate surface area is 242 Å². The van der Waals surface area contributed by atoms with Gasteiger partial charge in [-0.3, -0.25) is 5.32 Å². The van der Waals surface area contributed by atoms with E-state index in [1.807, 2.05) is 35.8 Å². The van der Waals surface area contributed by atoms with Crippen molar-refractivity contribution >= 4 is 31.0 Å². The summed E-state index contributed by atoms with van der Waals surface area (Å²) in [6, 6.07) is 4.39. The van der Waals surface area contributed by atoms with Crippen molar-refractivity contribution in [1.29, 1.82) is 0 Å². The number of likely N-dealkylation sites (N-methyl/N-ethyl adjacent to an activating group) is 1. The fourth-order valence-corrected chi connectivity index (χ4v) is 4.75. The summed E-state index contributed by atoms with van der Waals surface area (Å²) in [6.07, 6.45) is 5.56. The van der Waals surface area contributed by atoms with Gasteiger partial charge in [0.15, 0.2) is 0 Å². The molecule has 3 aromatic rings. The molecule has 4 rings (SSSR count). The van der Waals surface area contributed by atoms with E-state index in [4.69, 9.17) is 23.9 Å². The van der Waals surface area contributed by atoms with Gasteiger partial charge in [0.25, 0.3) is 0 Å². The number of nitrogens with one attached hydrogen (secondary N) is 2. The Kier molecular flexibility index (Phi) is 10.5. The summed E-state index contributed by atoms with van der Waals surface area (Å²) < 4.78 is 25.3. The lowest BCUT2D eigenvalue weighted by Crippen LogP contribution is -2.32. The van der Waals surface area contributed by atoms with Crippen LogP contribution < -0.4 is 20.1 Å². The lowest BCUT2D eigenvalue weighted by Gasteiger charge is -2.15. The second-order valence-corrected chi connectivity index (χ2v) is 17.2. The number of carbonyl (C=O) groups excluding carboxylic acids is 1. The molecule has 0 unspecified atom stereocenters. The number of ether oxygens (including phenoxy) is 4. The molecule has 0 atom stereocenters. The van der Waals surface area contributed by atoms with Gasteiger partial charge in [-0.1, -0.05) is 19.6 Å². The quantitative estimate of drug-likeness (QED) is 0.189. The van der Waals surface area contributed by atoms with Gasteiger partial charge < -0.3 is 33.7 Å². The SMILES string of the molecule is COc1ncnc(OC2CC2)c1-c1cn(COCC[Si](C)(C)C)c2nc(NC(=O)NCCOCCN(C)C)ccc12. The smallest absolute Gasteiger partial charge is 0.320 e. The minimum atomic E-state index is -1.24. The number of hydrogen-bond donors (Lipinski definition) is 2. The van der Waals surface area contributed by atoms with Gasteiger partial charge in [-0.2, -0.15) is 0 Å². The number of pyridine rings is 1. The highest BCUT2D eigenvalue weighted by Gasteiger charge is 2.28. The molecule has 41 heavy (non-hydrogen) atoms. The number of carbonyl (C=O) groups is 1. The standard InChI is InChI=1S/C28H43N7O5Si/c1-34(2)12-14-38-13-11-29-28(36)33-23-10-9-21-22(17-35(25(21)32-23)19-39-15-16-41(4,5)6)24-26(37-3)30-18-31-27(24)40-20-7-8-20/h9-10,17-18,20H,7-8,11-16,19H2,1-6H3,(H2,29,32,33,36). The van der Waals surface area contributed by atoms with E-state index in [0.29, 0.717) is 61.9 Å². The zero-order valence-electron chi connectivity index (χ0n) is 25.0. The molecule has 1 aliphatic carbocycles. The summed E-state index contributed by atoms with van der Waals surface area (Å²) in [5.74, 6) is 1.32. The van der Waals surface area contributed by atoms with Crippen LogP contribution in [0.1, 0.15) is 12.8 Å². The molecular formula is C28H43N7O5Si. The summed E-state index contributed by atoms with van der Waals surface area (Å²) in [6.45, 7) is 10.2. The Morgan fingerprint density at radius 1 is 1.10 bits per heavy atom. The number of aromatic nitrogens is 4. The van der Waals surface area contributed by atoms with Gasteiger partial charge in [0.2, 0.25) is 11.8 Å². The van der Waals surface area contributed by atoms with Gasteiger partial charge in [0, 0.05) is 44.9 Å². The van der Waals surface area contributed by atoms with Crippen LogP contribution in [-0.4, -0.2) is 98.7 Å². The van der Waals surface area contributed by atoms with Crippen molar-refractivity contribution in [2.24, 2.45) is 0 Å². The second kappa shape index (κ2) is 14.1. The number of methoxy groups -OCH3 is 1. The van der Waals surface area contributed by atoms with Gasteiger partial charge in [-0.25, -0.2) is 19.7 Å². The fourth-order valence-electron chi connectivity index (χ4n) is 3.99. The van der Waals surface area contributed by atoms with Crippen molar-refractivity contribution in [2.45, 2.75) is 51.4 Å². The number of rotatable bonds is 16. The van der Waals surface area contributed by atoms with Crippen molar-refractivity contribution in [3.63, 3.8) is 0 Å². The van der Waals surface area contributed by atoms with Crippen molar-refractivity contribution in [3.8, 4) is 22.9 Å². The van der Waals surface area contributed by atoms with Crippen LogP contribution in [0.5, 0.6) is 11.8 Å². The Morgan fingerprint density at radius 3 is 2.59 bits per heavy atom. The number of amides is 2. The molecule has 1 aliphatic rings. The van der Waals surface area contributed by atoms with E-state index in [1.54, 1.807) is 13.2 Å². The number of urea groups is 1. The van der Waals surface area contributed by atoms with Crippen LogP contribution in [-0.2, 0) is 16.2 Å². The number of fused-ring (bicyclic) bond motifs is 1. The number of hydrogen-bond acceptors (Lipinski definition) is 9. The van der Waals surface area contributed by atoms with Gasteiger partial charge >= 0.3 is 6.03 Å². The van der Waals surface area contributed by atoms with Crippen LogP contribution in [0, 0.1) is 0 Å². The maximum absolute atomic E-state index is 12.5. The maximum atomic E-state index is 12.5. The molecule has 13 heteroatoms. The Hall–Kier alpha value is -3.26. The first-order valence-electron chi connectivity index (χ1n) is 14.1. The molecule has 0 radical (unpaired) electrons. The molecule has 2 N–H and O–H groups in total. The lowest BCUT2D eigenvalue weighted by molar-refractivity contribution is 0.0899. The summed E-state index contributed by atoms with van der Waals surface area (Å²) in [4.78, 5) is 28.1. The monoisotopic (exact) mass is 585 g/mol. The van der Waals surface area contributed by atoms with Gasteiger partial charge in [-0.15, -0.1) is 0 Å². The first kappa shape index (κ1) is 30.7. The van der Waals surface area contributed by atoms with E-state index >= 15 is 0 Å². The van der Waals surface area contributed by atoms with Crippen LogP contribution in [0.25, 0.3) is 22.2 Å². The summed E-state index contributed by atoms with van der Waals surface area (Å²) in [7, 11) is 4.32. The lowest BCUT2D eigenvalue weighted by atomic mass is 10.1. The van der Waals surface area contributed by atoms with Crippen molar-refractivity contribution in [3.05, 3.63) is 24.7 Å². The third-order valence-electron chi connectivity index (χ3n) is 6.45. The Morgan fingerprint density at radius 2 is 1.88 bits per heavy atom. The molecule has 1 saturated carbocycles. The minimum Gasteiger partial charge on any atom is -0.480 e. The van der Waals surface area contributed by atoms with Crippen molar-refractivity contribution in [1.82, 2.24) is 29.7 Å².